The lowest BCUT2D eigenvalue weighted by Crippen LogP contribution is -2.14. The third kappa shape index (κ3) is 3.89. The number of hydrogen-bond acceptors (Lipinski definition) is 4. The van der Waals surface area contributed by atoms with Crippen molar-refractivity contribution in [2.75, 3.05) is 0 Å². The number of nitrogens with zero attached hydrogens (tertiary/aromatic N) is 1. The fourth-order valence-corrected chi connectivity index (χ4v) is 3.46. The van der Waals surface area contributed by atoms with Gasteiger partial charge < -0.3 is 4.52 Å². The lowest BCUT2D eigenvalue weighted by molar-refractivity contribution is -0.154. The predicted octanol–water partition coefficient (Wildman–Crippen LogP) is 4.58. The summed E-state index contributed by atoms with van der Waals surface area (Å²) in [7, 11) is -4.37. The van der Waals surface area contributed by atoms with Crippen molar-refractivity contribution in [3.8, 4) is 22.4 Å². The van der Waals surface area contributed by atoms with Crippen LogP contribution in [0.3, 0.4) is 0 Å². The molecule has 0 atom stereocenters. The molecule has 0 aliphatic carbocycles. The SMILES string of the molecule is NS(=O)(=O)c1ccc(-c2c(-c3cccc(Br)c3)noc2C(F)(F)F)cc1F. The number of hydrogen-bond donors (Lipinski definition) is 1. The first-order chi connectivity index (χ1) is 12.5. The van der Waals surface area contributed by atoms with Crippen molar-refractivity contribution in [2.24, 2.45) is 5.14 Å². The molecule has 2 N–H and O–H groups in total. The summed E-state index contributed by atoms with van der Waals surface area (Å²) < 4.78 is 82.0. The first kappa shape index (κ1) is 19.5. The average molecular weight is 465 g/mol. The van der Waals surface area contributed by atoms with Crippen LogP contribution >= 0.6 is 15.9 Å². The van der Waals surface area contributed by atoms with E-state index in [0.717, 1.165) is 12.1 Å². The summed E-state index contributed by atoms with van der Waals surface area (Å²) in [5, 5.41) is 8.37. The normalized spacial score (nSPS) is 12.4. The fourth-order valence-electron chi connectivity index (χ4n) is 2.47. The second kappa shape index (κ2) is 6.73. The molecule has 3 aromatic rings. The molecule has 0 fully saturated rings. The molecular formula is C16H9BrF4N2O3S. The van der Waals surface area contributed by atoms with Crippen molar-refractivity contribution in [2.45, 2.75) is 11.1 Å². The highest BCUT2D eigenvalue weighted by Crippen LogP contribution is 2.43. The molecule has 0 bridgehead atoms. The van der Waals surface area contributed by atoms with Crippen molar-refractivity contribution < 1.29 is 30.5 Å². The van der Waals surface area contributed by atoms with E-state index in [-0.39, 0.29) is 16.8 Å². The van der Waals surface area contributed by atoms with Crippen LogP contribution in [-0.4, -0.2) is 13.6 Å². The van der Waals surface area contributed by atoms with E-state index in [4.69, 9.17) is 5.14 Å². The molecule has 27 heavy (non-hydrogen) atoms. The Morgan fingerprint density at radius 1 is 1.07 bits per heavy atom. The smallest absolute Gasteiger partial charge is 0.350 e. The number of alkyl halides is 3. The highest BCUT2D eigenvalue weighted by atomic mass is 79.9. The Labute approximate surface area is 159 Å². The van der Waals surface area contributed by atoms with Gasteiger partial charge in [-0.2, -0.15) is 13.2 Å². The van der Waals surface area contributed by atoms with Crippen molar-refractivity contribution in [3.63, 3.8) is 0 Å². The summed E-state index contributed by atoms with van der Waals surface area (Å²) in [4.78, 5) is -0.833. The average Bonchev–Trinajstić information content (AvgIpc) is 2.98. The minimum Gasteiger partial charge on any atom is -0.350 e. The summed E-state index contributed by atoms with van der Waals surface area (Å²) in [5.74, 6) is -2.72. The molecule has 0 unspecified atom stereocenters. The monoisotopic (exact) mass is 464 g/mol. The van der Waals surface area contributed by atoms with Crippen molar-refractivity contribution >= 4 is 26.0 Å². The van der Waals surface area contributed by atoms with Gasteiger partial charge in [0.15, 0.2) is 0 Å². The third-order valence-electron chi connectivity index (χ3n) is 3.57. The topological polar surface area (TPSA) is 86.2 Å². The van der Waals surface area contributed by atoms with E-state index in [1.165, 1.54) is 12.1 Å². The lowest BCUT2D eigenvalue weighted by atomic mass is 9.99. The molecule has 142 valence electrons. The van der Waals surface area contributed by atoms with Crippen LogP contribution in [0.25, 0.3) is 22.4 Å². The van der Waals surface area contributed by atoms with Crippen LogP contribution in [0.1, 0.15) is 5.76 Å². The van der Waals surface area contributed by atoms with Gasteiger partial charge in [-0.1, -0.05) is 39.3 Å². The van der Waals surface area contributed by atoms with E-state index in [2.05, 4.69) is 25.6 Å². The predicted molar refractivity (Wildman–Crippen MR) is 91.4 cm³/mol. The van der Waals surface area contributed by atoms with Crippen LogP contribution in [0.5, 0.6) is 0 Å². The number of halogens is 5. The molecule has 3 rings (SSSR count). The molecule has 1 aromatic heterocycles. The van der Waals surface area contributed by atoms with E-state index >= 15 is 0 Å². The molecule has 5 nitrogen and oxygen atoms in total. The first-order valence-corrected chi connectivity index (χ1v) is 9.48. The van der Waals surface area contributed by atoms with E-state index in [1.54, 1.807) is 12.1 Å². The Balaban J connectivity index is 2.28. The second-order valence-corrected chi connectivity index (χ2v) is 7.88. The van der Waals surface area contributed by atoms with Gasteiger partial charge in [0.25, 0.3) is 0 Å². The second-order valence-electron chi connectivity index (χ2n) is 5.43. The number of aromatic nitrogens is 1. The maximum absolute atomic E-state index is 14.2. The molecule has 0 radical (unpaired) electrons. The molecule has 0 aliphatic rings. The molecule has 0 aliphatic heterocycles. The van der Waals surface area contributed by atoms with Crippen LogP contribution in [0.2, 0.25) is 0 Å². The van der Waals surface area contributed by atoms with E-state index in [0.29, 0.717) is 10.5 Å². The molecule has 11 heteroatoms. The minimum atomic E-state index is -4.90. The number of nitrogens with two attached hydrogens (primary N) is 1. The molecule has 0 amide bonds. The standard InChI is InChI=1S/C16H9BrF4N2O3S/c17-10-3-1-2-9(6-10)14-13(15(26-23-14)16(19,20)21)8-4-5-12(11(18)7-8)27(22,24)25/h1-7H,(H2,22,24,25). The lowest BCUT2D eigenvalue weighted by Gasteiger charge is -2.09. The number of benzene rings is 2. The molecule has 2 aromatic carbocycles. The minimum absolute atomic E-state index is 0.175. The largest absolute Gasteiger partial charge is 0.453 e. The van der Waals surface area contributed by atoms with Crippen LogP contribution in [0.4, 0.5) is 17.6 Å². The van der Waals surface area contributed by atoms with Crippen molar-refractivity contribution in [1.29, 1.82) is 0 Å². The van der Waals surface area contributed by atoms with Gasteiger partial charge in [-0.15, -0.1) is 0 Å². The summed E-state index contributed by atoms with van der Waals surface area (Å²) in [6, 6.07) is 8.69. The van der Waals surface area contributed by atoms with Gasteiger partial charge in [0.2, 0.25) is 15.8 Å². The van der Waals surface area contributed by atoms with E-state index in [9.17, 15) is 26.0 Å². The van der Waals surface area contributed by atoms with Crippen molar-refractivity contribution in [1.82, 2.24) is 5.16 Å². The van der Waals surface area contributed by atoms with Gasteiger partial charge in [0.1, 0.15) is 16.4 Å². The molecule has 1 heterocycles. The quantitative estimate of drug-likeness (QED) is 0.574. The molecular weight excluding hydrogens is 456 g/mol. The zero-order valence-electron chi connectivity index (χ0n) is 13.1. The van der Waals surface area contributed by atoms with Gasteiger partial charge >= 0.3 is 6.18 Å². The maximum atomic E-state index is 14.2. The zero-order valence-corrected chi connectivity index (χ0v) is 15.5. The van der Waals surface area contributed by atoms with Crippen LogP contribution in [0.15, 0.2) is 56.4 Å². The highest BCUT2D eigenvalue weighted by Gasteiger charge is 2.41. The van der Waals surface area contributed by atoms with Crippen LogP contribution in [-0.2, 0) is 16.2 Å². The van der Waals surface area contributed by atoms with Gasteiger partial charge in [-0.05, 0) is 29.8 Å². The van der Waals surface area contributed by atoms with Gasteiger partial charge in [0, 0.05) is 10.0 Å². The summed E-state index contributed by atoms with van der Waals surface area (Å²) in [6.07, 6.45) is -4.90. The number of sulfonamides is 1. The summed E-state index contributed by atoms with van der Waals surface area (Å²) in [6.45, 7) is 0. The Hall–Kier alpha value is -2.24. The van der Waals surface area contributed by atoms with Gasteiger partial charge in [-0.25, -0.2) is 17.9 Å². The van der Waals surface area contributed by atoms with Crippen LogP contribution < -0.4 is 5.14 Å². The first-order valence-electron chi connectivity index (χ1n) is 7.14. The van der Waals surface area contributed by atoms with Crippen LogP contribution in [0, 0.1) is 5.82 Å². The molecule has 0 saturated carbocycles. The van der Waals surface area contributed by atoms with Gasteiger partial charge in [0.05, 0.1) is 5.56 Å². The Bertz CT molecular complexity index is 1130. The molecule has 0 spiro atoms. The molecule has 0 saturated heterocycles. The van der Waals surface area contributed by atoms with Gasteiger partial charge in [-0.3, -0.25) is 0 Å². The summed E-state index contributed by atoms with van der Waals surface area (Å²) in [5.41, 5.74) is -0.662. The van der Waals surface area contributed by atoms with E-state index in [1.807, 2.05) is 0 Å². The number of rotatable bonds is 3. The third-order valence-corrected chi connectivity index (χ3v) is 5.01. The number of primary sulfonamides is 1. The maximum Gasteiger partial charge on any atom is 0.453 e. The Morgan fingerprint density at radius 3 is 2.33 bits per heavy atom. The van der Waals surface area contributed by atoms with E-state index < -0.39 is 38.2 Å². The fraction of sp³-hybridized carbons (Fsp3) is 0.0625. The van der Waals surface area contributed by atoms with Crippen molar-refractivity contribution in [3.05, 3.63) is 58.5 Å². The summed E-state index contributed by atoms with van der Waals surface area (Å²) >= 11 is 3.21. The Kier molecular flexibility index (Phi) is 4.87. The highest BCUT2D eigenvalue weighted by molar-refractivity contribution is 9.10. The Morgan fingerprint density at radius 2 is 1.78 bits per heavy atom. The zero-order chi connectivity index (χ0) is 20.0.